The number of para-hydroxylation sites is 1. The van der Waals surface area contributed by atoms with E-state index >= 15 is 0 Å². The van der Waals surface area contributed by atoms with Crippen LogP contribution < -0.4 is 5.32 Å². The zero-order valence-corrected chi connectivity index (χ0v) is 19.3. The average molecular weight is 462 g/mol. The number of hydrogen-bond donors (Lipinski definition) is 1. The van der Waals surface area contributed by atoms with Crippen molar-refractivity contribution in [2.24, 2.45) is 0 Å². The summed E-state index contributed by atoms with van der Waals surface area (Å²) in [7, 11) is -3.07. The van der Waals surface area contributed by atoms with E-state index in [0.29, 0.717) is 29.1 Å². The molecule has 1 N–H and O–H groups in total. The van der Waals surface area contributed by atoms with Crippen molar-refractivity contribution >= 4 is 44.3 Å². The van der Waals surface area contributed by atoms with Crippen LogP contribution in [-0.4, -0.2) is 65.5 Å². The third kappa shape index (κ3) is 5.03. The highest BCUT2D eigenvalue weighted by Crippen LogP contribution is 2.30. The lowest BCUT2D eigenvalue weighted by atomic mass is 10.1. The molecule has 166 valence electrons. The van der Waals surface area contributed by atoms with E-state index in [4.69, 9.17) is 0 Å². The van der Waals surface area contributed by atoms with Crippen LogP contribution in [0.1, 0.15) is 43.5 Å². The van der Waals surface area contributed by atoms with Gasteiger partial charge >= 0.3 is 0 Å². The Hall–Kier alpha value is -2.13. The first-order valence-electron chi connectivity index (χ1n) is 10.7. The number of fused-ring (bicyclic) bond motifs is 1. The lowest BCUT2D eigenvalue weighted by Crippen LogP contribution is -2.44. The van der Waals surface area contributed by atoms with Crippen LogP contribution in [0.25, 0.3) is 10.9 Å². The van der Waals surface area contributed by atoms with Gasteiger partial charge in [0.2, 0.25) is 5.91 Å². The van der Waals surface area contributed by atoms with E-state index in [-0.39, 0.29) is 35.4 Å². The third-order valence-electron chi connectivity index (χ3n) is 5.77. The molecule has 2 aromatic rings. The van der Waals surface area contributed by atoms with Gasteiger partial charge in [-0.25, -0.2) is 13.4 Å². The predicted octanol–water partition coefficient (Wildman–Crippen LogP) is 2.64. The first kappa shape index (κ1) is 22.1. The van der Waals surface area contributed by atoms with Gasteiger partial charge in [-0.05, 0) is 45.2 Å². The normalized spacial score (nSPS) is 21.0. The summed E-state index contributed by atoms with van der Waals surface area (Å²) in [5.41, 5.74) is 1.27. The zero-order chi connectivity index (χ0) is 22.2. The lowest BCUT2D eigenvalue weighted by Gasteiger charge is -2.29. The van der Waals surface area contributed by atoms with Crippen LogP contribution in [0.15, 0.2) is 35.4 Å². The minimum absolute atomic E-state index is 0.0314. The van der Waals surface area contributed by atoms with Gasteiger partial charge < -0.3 is 10.2 Å². The molecular formula is C22H27N3O4S2. The maximum atomic E-state index is 13.1. The minimum atomic E-state index is -3.07. The number of thioether (sulfide) groups is 1. The molecule has 1 saturated heterocycles. The van der Waals surface area contributed by atoms with E-state index in [0.717, 1.165) is 18.2 Å². The van der Waals surface area contributed by atoms with Crippen LogP contribution in [0.5, 0.6) is 0 Å². The molecule has 0 radical (unpaired) electrons. The molecule has 7 nitrogen and oxygen atoms in total. The Bertz CT molecular complexity index is 1110. The number of amides is 2. The molecule has 2 heterocycles. The number of sulfone groups is 1. The number of aromatic nitrogens is 1. The Kier molecular flexibility index (Phi) is 6.25. The maximum Gasteiger partial charge on any atom is 0.252 e. The number of pyridine rings is 1. The maximum absolute atomic E-state index is 13.1. The van der Waals surface area contributed by atoms with Crippen molar-refractivity contribution < 1.29 is 18.0 Å². The quantitative estimate of drug-likeness (QED) is 0.637. The molecule has 2 unspecified atom stereocenters. The van der Waals surface area contributed by atoms with E-state index in [1.807, 2.05) is 31.2 Å². The molecule has 2 amide bonds. The Labute approximate surface area is 186 Å². The Morgan fingerprint density at radius 3 is 2.65 bits per heavy atom. The monoisotopic (exact) mass is 461 g/mol. The van der Waals surface area contributed by atoms with Crippen LogP contribution in [0, 0.1) is 0 Å². The zero-order valence-electron chi connectivity index (χ0n) is 17.7. The highest BCUT2D eigenvalue weighted by atomic mass is 32.2. The summed E-state index contributed by atoms with van der Waals surface area (Å²) in [6.07, 6.45) is 2.50. The predicted molar refractivity (Wildman–Crippen MR) is 122 cm³/mol. The topological polar surface area (TPSA) is 96.4 Å². The first-order chi connectivity index (χ1) is 14.8. The lowest BCUT2D eigenvalue weighted by molar-refractivity contribution is -0.131. The van der Waals surface area contributed by atoms with E-state index in [2.05, 4.69) is 10.3 Å². The van der Waals surface area contributed by atoms with Crippen LogP contribution in [-0.2, 0) is 14.6 Å². The molecule has 1 aromatic heterocycles. The van der Waals surface area contributed by atoms with Crippen molar-refractivity contribution in [1.29, 1.82) is 0 Å². The second-order valence-electron chi connectivity index (χ2n) is 8.21. The summed E-state index contributed by atoms with van der Waals surface area (Å²) < 4.78 is 23.7. The molecule has 2 aliphatic rings. The van der Waals surface area contributed by atoms with Crippen LogP contribution in [0.2, 0.25) is 0 Å². The van der Waals surface area contributed by atoms with Crippen LogP contribution in [0.3, 0.4) is 0 Å². The Morgan fingerprint density at radius 1 is 1.26 bits per heavy atom. The summed E-state index contributed by atoms with van der Waals surface area (Å²) in [6, 6.07) is 9.23. The SMILES string of the molecule is CCN(C(=O)C(C)Sc1cc(C(=O)NC2CC2)c2ccccc2n1)C1CCS(=O)(=O)C1. The van der Waals surface area contributed by atoms with Crippen molar-refractivity contribution in [1.82, 2.24) is 15.2 Å². The van der Waals surface area contributed by atoms with Gasteiger partial charge in [0.05, 0.1) is 32.9 Å². The van der Waals surface area contributed by atoms with E-state index in [1.54, 1.807) is 17.9 Å². The van der Waals surface area contributed by atoms with E-state index < -0.39 is 15.1 Å². The number of nitrogens with zero attached hydrogens (tertiary/aromatic N) is 2. The summed E-state index contributed by atoms with van der Waals surface area (Å²) >= 11 is 1.30. The van der Waals surface area contributed by atoms with Gasteiger partial charge in [0, 0.05) is 24.0 Å². The molecule has 1 saturated carbocycles. The number of carbonyl (C=O) groups excluding carboxylic acids is 2. The van der Waals surface area contributed by atoms with Crippen molar-refractivity contribution in [3.05, 3.63) is 35.9 Å². The van der Waals surface area contributed by atoms with Crippen molar-refractivity contribution in [3.63, 3.8) is 0 Å². The number of nitrogens with one attached hydrogen (secondary N) is 1. The second-order valence-corrected chi connectivity index (χ2v) is 11.8. The average Bonchev–Trinajstić information content (AvgIpc) is 3.48. The molecule has 1 aromatic carbocycles. The molecule has 31 heavy (non-hydrogen) atoms. The van der Waals surface area contributed by atoms with Gasteiger partial charge in [-0.1, -0.05) is 30.0 Å². The van der Waals surface area contributed by atoms with Gasteiger partial charge in [-0.3, -0.25) is 9.59 Å². The Morgan fingerprint density at radius 2 is 2.00 bits per heavy atom. The summed E-state index contributed by atoms with van der Waals surface area (Å²) in [5.74, 6) is -0.0555. The van der Waals surface area contributed by atoms with Gasteiger partial charge in [0.15, 0.2) is 9.84 Å². The molecule has 4 rings (SSSR count). The fourth-order valence-corrected chi connectivity index (χ4v) is 6.64. The second kappa shape index (κ2) is 8.78. The highest BCUT2D eigenvalue weighted by molar-refractivity contribution is 8.00. The van der Waals surface area contributed by atoms with Crippen molar-refractivity contribution in [2.45, 2.75) is 55.5 Å². The third-order valence-corrected chi connectivity index (χ3v) is 8.52. The molecule has 0 spiro atoms. The van der Waals surface area contributed by atoms with Crippen molar-refractivity contribution in [3.8, 4) is 0 Å². The number of hydrogen-bond acceptors (Lipinski definition) is 6. The number of benzene rings is 1. The first-order valence-corrected chi connectivity index (χ1v) is 13.4. The Balaban J connectivity index is 1.55. The highest BCUT2D eigenvalue weighted by Gasteiger charge is 2.35. The van der Waals surface area contributed by atoms with Crippen LogP contribution in [0.4, 0.5) is 0 Å². The number of carbonyl (C=O) groups is 2. The molecule has 9 heteroatoms. The molecule has 0 bridgehead atoms. The van der Waals surface area contributed by atoms with Gasteiger partial charge in [-0.15, -0.1) is 0 Å². The van der Waals surface area contributed by atoms with E-state index in [1.165, 1.54) is 11.8 Å². The largest absolute Gasteiger partial charge is 0.349 e. The van der Waals surface area contributed by atoms with Gasteiger partial charge in [0.1, 0.15) is 0 Å². The molecule has 1 aliphatic carbocycles. The standard InChI is InChI=1S/C22H27N3O4S2/c1-3-25(16-10-11-31(28,29)13-16)22(27)14(2)30-20-12-18(21(26)23-15-8-9-15)17-6-4-5-7-19(17)24-20/h4-7,12,14-16H,3,8-11,13H2,1-2H3,(H,23,26). The van der Waals surface area contributed by atoms with E-state index in [9.17, 15) is 18.0 Å². The summed E-state index contributed by atoms with van der Waals surface area (Å²) in [5, 5.41) is 3.98. The summed E-state index contributed by atoms with van der Waals surface area (Å²) in [6.45, 7) is 4.14. The van der Waals surface area contributed by atoms with Crippen molar-refractivity contribution in [2.75, 3.05) is 18.1 Å². The molecule has 2 fully saturated rings. The molecule has 1 aliphatic heterocycles. The van der Waals surface area contributed by atoms with Gasteiger partial charge in [-0.2, -0.15) is 0 Å². The summed E-state index contributed by atoms with van der Waals surface area (Å²) in [4.78, 5) is 32.2. The van der Waals surface area contributed by atoms with Gasteiger partial charge in [0.25, 0.3) is 5.91 Å². The fraction of sp³-hybridized carbons (Fsp3) is 0.500. The minimum Gasteiger partial charge on any atom is -0.349 e. The fourth-order valence-electron chi connectivity index (χ4n) is 3.97. The smallest absolute Gasteiger partial charge is 0.252 e. The molecular weight excluding hydrogens is 434 g/mol. The van der Waals surface area contributed by atoms with Crippen LogP contribution >= 0.6 is 11.8 Å². The molecule has 2 atom stereocenters. The number of rotatable bonds is 7.